The molecule has 5 nitrogen and oxygen atoms in total. The average molecular weight is 292 g/mol. The van der Waals surface area contributed by atoms with E-state index in [0.717, 1.165) is 19.3 Å². The molecular formula is C16H24N2O3. The van der Waals surface area contributed by atoms with Crippen LogP contribution in [-0.4, -0.2) is 32.7 Å². The van der Waals surface area contributed by atoms with E-state index >= 15 is 0 Å². The summed E-state index contributed by atoms with van der Waals surface area (Å²) in [5, 5.41) is 3.11. The average Bonchev–Trinajstić information content (AvgIpc) is 2.54. The van der Waals surface area contributed by atoms with Gasteiger partial charge in [-0.2, -0.15) is 0 Å². The Morgan fingerprint density at radius 1 is 1.19 bits per heavy atom. The minimum Gasteiger partial charge on any atom is -0.497 e. The molecule has 2 unspecified atom stereocenters. The molecule has 0 saturated heterocycles. The quantitative estimate of drug-likeness (QED) is 0.870. The highest BCUT2D eigenvalue weighted by Crippen LogP contribution is 2.25. The van der Waals surface area contributed by atoms with Crippen LogP contribution in [0.25, 0.3) is 0 Å². The molecule has 1 aromatic rings. The summed E-state index contributed by atoms with van der Waals surface area (Å²) in [5.41, 5.74) is 6.36. The van der Waals surface area contributed by atoms with Crippen molar-refractivity contribution < 1.29 is 14.3 Å². The number of nitrogens with two attached hydrogens (primary N) is 1. The summed E-state index contributed by atoms with van der Waals surface area (Å²) < 4.78 is 10.4. The van der Waals surface area contributed by atoms with Crippen molar-refractivity contribution in [2.45, 2.75) is 31.7 Å². The van der Waals surface area contributed by atoms with Gasteiger partial charge >= 0.3 is 0 Å². The molecular weight excluding hydrogens is 268 g/mol. The van der Waals surface area contributed by atoms with Crippen LogP contribution in [0.5, 0.6) is 11.5 Å². The highest BCUT2D eigenvalue weighted by Gasteiger charge is 2.25. The first kappa shape index (κ1) is 15.6. The molecule has 0 bridgehead atoms. The van der Waals surface area contributed by atoms with Crippen molar-refractivity contribution in [3.8, 4) is 11.5 Å². The minimum atomic E-state index is -0.0995. The van der Waals surface area contributed by atoms with E-state index in [9.17, 15) is 4.79 Å². The second-order valence-corrected chi connectivity index (χ2v) is 5.46. The third kappa shape index (κ3) is 3.88. The molecule has 1 aromatic carbocycles. The van der Waals surface area contributed by atoms with Crippen LogP contribution in [0.3, 0.4) is 0 Å². The lowest BCUT2D eigenvalue weighted by Crippen LogP contribution is -2.44. The maximum Gasteiger partial charge on any atom is 0.251 e. The predicted molar refractivity (Wildman–Crippen MR) is 81.8 cm³/mol. The lowest BCUT2D eigenvalue weighted by Gasteiger charge is -2.31. The smallest absolute Gasteiger partial charge is 0.251 e. The fraction of sp³-hybridized carbons (Fsp3) is 0.562. The van der Waals surface area contributed by atoms with Crippen molar-refractivity contribution in [2.24, 2.45) is 11.7 Å². The summed E-state index contributed by atoms with van der Waals surface area (Å²) in [4.78, 5) is 12.4. The second kappa shape index (κ2) is 7.31. The van der Waals surface area contributed by atoms with Crippen LogP contribution in [0.4, 0.5) is 0 Å². The molecule has 21 heavy (non-hydrogen) atoms. The van der Waals surface area contributed by atoms with Gasteiger partial charge in [0.15, 0.2) is 0 Å². The highest BCUT2D eigenvalue weighted by atomic mass is 16.5. The maximum absolute atomic E-state index is 12.4. The zero-order valence-corrected chi connectivity index (χ0v) is 12.7. The Balaban J connectivity index is 2.12. The minimum absolute atomic E-state index is 0.0995. The Labute approximate surface area is 125 Å². The molecule has 0 aromatic heterocycles. The SMILES string of the molecule is COc1cc(OC)cc(C(=O)NC2CCCCC2CN)c1. The molecule has 5 heteroatoms. The van der Waals surface area contributed by atoms with Gasteiger partial charge in [-0.3, -0.25) is 4.79 Å². The van der Waals surface area contributed by atoms with E-state index in [1.165, 1.54) is 6.42 Å². The lowest BCUT2D eigenvalue weighted by molar-refractivity contribution is 0.0907. The number of carbonyl (C=O) groups is 1. The summed E-state index contributed by atoms with van der Waals surface area (Å²) in [5.74, 6) is 1.49. The Bertz CT molecular complexity index is 468. The third-order valence-corrected chi connectivity index (χ3v) is 4.14. The van der Waals surface area contributed by atoms with Gasteiger partial charge in [0.25, 0.3) is 5.91 Å². The Morgan fingerprint density at radius 3 is 2.38 bits per heavy atom. The number of carbonyl (C=O) groups excluding carboxylic acids is 1. The number of benzene rings is 1. The number of amides is 1. The standard InChI is InChI=1S/C16H24N2O3/c1-20-13-7-12(8-14(9-13)21-2)16(19)18-15-6-4-3-5-11(15)10-17/h7-9,11,15H,3-6,10,17H2,1-2H3,(H,18,19). The summed E-state index contributed by atoms with van der Waals surface area (Å²) in [6.45, 7) is 0.617. The zero-order chi connectivity index (χ0) is 15.2. The van der Waals surface area contributed by atoms with E-state index < -0.39 is 0 Å². The topological polar surface area (TPSA) is 73.6 Å². The lowest BCUT2D eigenvalue weighted by atomic mass is 9.84. The van der Waals surface area contributed by atoms with Crippen LogP contribution in [-0.2, 0) is 0 Å². The molecule has 2 rings (SSSR count). The van der Waals surface area contributed by atoms with E-state index in [1.807, 2.05) is 0 Å². The number of ether oxygens (including phenoxy) is 2. The number of rotatable bonds is 5. The van der Waals surface area contributed by atoms with Gasteiger partial charge in [0.05, 0.1) is 14.2 Å². The van der Waals surface area contributed by atoms with Gasteiger partial charge in [-0.1, -0.05) is 12.8 Å². The molecule has 0 heterocycles. The number of methoxy groups -OCH3 is 2. The van der Waals surface area contributed by atoms with E-state index in [4.69, 9.17) is 15.2 Å². The number of hydrogen-bond acceptors (Lipinski definition) is 4. The van der Waals surface area contributed by atoms with Crippen LogP contribution >= 0.6 is 0 Å². The Hall–Kier alpha value is -1.75. The molecule has 0 radical (unpaired) electrons. The molecule has 0 spiro atoms. The van der Waals surface area contributed by atoms with Gasteiger partial charge in [-0.15, -0.1) is 0 Å². The van der Waals surface area contributed by atoms with Crippen LogP contribution in [0.2, 0.25) is 0 Å². The zero-order valence-electron chi connectivity index (χ0n) is 12.7. The van der Waals surface area contributed by atoms with Crippen molar-refractivity contribution >= 4 is 5.91 Å². The molecule has 0 aliphatic heterocycles. The van der Waals surface area contributed by atoms with Crippen molar-refractivity contribution in [1.82, 2.24) is 5.32 Å². The van der Waals surface area contributed by atoms with Gasteiger partial charge in [0.2, 0.25) is 0 Å². The van der Waals surface area contributed by atoms with Crippen LogP contribution < -0.4 is 20.5 Å². The molecule has 1 amide bonds. The van der Waals surface area contributed by atoms with E-state index in [2.05, 4.69) is 5.32 Å². The maximum atomic E-state index is 12.4. The van der Waals surface area contributed by atoms with Crippen LogP contribution in [0, 0.1) is 5.92 Å². The Kier molecular flexibility index (Phi) is 5.44. The molecule has 1 aliphatic rings. The van der Waals surface area contributed by atoms with Gasteiger partial charge in [0.1, 0.15) is 11.5 Å². The molecule has 1 aliphatic carbocycles. The van der Waals surface area contributed by atoms with Gasteiger partial charge < -0.3 is 20.5 Å². The Morgan fingerprint density at radius 2 is 1.81 bits per heavy atom. The normalized spacial score (nSPS) is 21.7. The summed E-state index contributed by atoms with van der Waals surface area (Å²) in [7, 11) is 3.14. The van der Waals surface area contributed by atoms with Crippen molar-refractivity contribution in [3.63, 3.8) is 0 Å². The second-order valence-electron chi connectivity index (χ2n) is 5.46. The summed E-state index contributed by atoms with van der Waals surface area (Å²) in [6, 6.07) is 5.35. The highest BCUT2D eigenvalue weighted by molar-refractivity contribution is 5.95. The molecule has 1 saturated carbocycles. The third-order valence-electron chi connectivity index (χ3n) is 4.14. The first-order valence-electron chi connectivity index (χ1n) is 7.42. The van der Waals surface area contributed by atoms with E-state index in [1.54, 1.807) is 32.4 Å². The summed E-state index contributed by atoms with van der Waals surface area (Å²) >= 11 is 0. The molecule has 3 N–H and O–H groups in total. The number of nitrogens with one attached hydrogen (secondary N) is 1. The largest absolute Gasteiger partial charge is 0.497 e. The molecule has 2 atom stereocenters. The number of hydrogen-bond donors (Lipinski definition) is 2. The van der Waals surface area contributed by atoms with Gasteiger partial charge in [0, 0.05) is 17.7 Å². The monoisotopic (exact) mass is 292 g/mol. The van der Waals surface area contributed by atoms with Crippen LogP contribution in [0.15, 0.2) is 18.2 Å². The first-order chi connectivity index (χ1) is 10.2. The first-order valence-corrected chi connectivity index (χ1v) is 7.42. The van der Waals surface area contributed by atoms with Crippen molar-refractivity contribution in [3.05, 3.63) is 23.8 Å². The van der Waals surface area contributed by atoms with Crippen LogP contribution in [0.1, 0.15) is 36.0 Å². The predicted octanol–water partition coefficient (Wildman–Crippen LogP) is 1.95. The van der Waals surface area contributed by atoms with Gasteiger partial charge in [-0.05, 0) is 37.4 Å². The fourth-order valence-corrected chi connectivity index (χ4v) is 2.87. The molecule has 116 valence electrons. The van der Waals surface area contributed by atoms with Gasteiger partial charge in [-0.25, -0.2) is 0 Å². The fourth-order valence-electron chi connectivity index (χ4n) is 2.87. The molecule has 1 fully saturated rings. The van der Waals surface area contributed by atoms with Crippen molar-refractivity contribution in [1.29, 1.82) is 0 Å². The van der Waals surface area contributed by atoms with E-state index in [-0.39, 0.29) is 11.9 Å². The summed E-state index contributed by atoms with van der Waals surface area (Å²) in [6.07, 6.45) is 4.42. The van der Waals surface area contributed by atoms with Crippen molar-refractivity contribution in [2.75, 3.05) is 20.8 Å². The van der Waals surface area contributed by atoms with E-state index in [0.29, 0.717) is 29.5 Å².